The van der Waals surface area contributed by atoms with E-state index in [4.69, 9.17) is 0 Å². The first-order valence-electron chi connectivity index (χ1n) is 5.53. The number of hydrogen-bond acceptors (Lipinski definition) is 2. The molecule has 0 spiro atoms. The van der Waals surface area contributed by atoms with Gasteiger partial charge in [-0.25, -0.2) is 0 Å². The molecule has 1 aromatic heterocycles. The second kappa shape index (κ2) is 7.01. The summed E-state index contributed by atoms with van der Waals surface area (Å²) in [6.45, 7) is 3.27. The monoisotopic (exact) mass is 273 g/mol. The number of hydrogen-bond donors (Lipinski definition) is 1. The lowest BCUT2D eigenvalue weighted by molar-refractivity contribution is 0.492. The van der Waals surface area contributed by atoms with Crippen LogP contribution < -0.4 is 5.32 Å². The molecule has 15 heavy (non-hydrogen) atoms. The van der Waals surface area contributed by atoms with Crippen molar-refractivity contribution in [2.24, 2.45) is 7.05 Å². The maximum atomic E-state index is 4.15. The molecule has 0 radical (unpaired) electrons. The van der Waals surface area contributed by atoms with Crippen molar-refractivity contribution < 1.29 is 0 Å². The Morgan fingerprint density at radius 1 is 1.60 bits per heavy atom. The Kier molecular flexibility index (Phi) is 5.95. The van der Waals surface area contributed by atoms with Crippen molar-refractivity contribution in [3.63, 3.8) is 0 Å². The highest BCUT2D eigenvalue weighted by molar-refractivity contribution is 9.09. The molecular formula is C11H20BrN3. The van der Waals surface area contributed by atoms with Crippen molar-refractivity contribution in [2.45, 2.75) is 32.2 Å². The van der Waals surface area contributed by atoms with Crippen molar-refractivity contribution in [1.29, 1.82) is 0 Å². The smallest absolute Gasteiger partial charge is 0.0522 e. The van der Waals surface area contributed by atoms with Crippen molar-refractivity contribution in [3.05, 3.63) is 18.0 Å². The first kappa shape index (κ1) is 12.7. The van der Waals surface area contributed by atoms with E-state index in [0.29, 0.717) is 6.04 Å². The largest absolute Gasteiger partial charge is 0.314 e. The van der Waals surface area contributed by atoms with Crippen LogP contribution in [0, 0.1) is 0 Å². The van der Waals surface area contributed by atoms with Crippen LogP contribution in [0.3, 0.4) is 0 Å². The predicted octanol–water partition coefficient (Wildman–Crippen LogP) is 2.12. The lowest BCUT2D eigenvalue weighted by Crippen LogP contribution is -2.30. The lowest BCUT2D eigenvalue weighted by atomic mass is 10.1. The van der Waals surface area contributed by atoms with Gasteiger partial charge in [-0.2, -0.15) is 5.10 Å². The summed E-state index contributed by atoms with van der Waals surface area (Å²) in [6.07, 6.45) is 7.47. The van der Waals surface area contributed by atoms with Gasteiger partial charge < -0.3 is 5.32 Å². The predicted molar refractivity (Wildman–Crippen MR) is 67.4 cm³/mol. The lowest BCUT2D eigenvalue weighted by Gasteiger charge is -2.14. The fourth-order valence-electron chi connectivity index (χ4n) is 1.60. The molecule has 1 N–H and O–H groups in total. The van der Waals surface area contributed by atoms with Crippen LogP contribution in [0.4, 0.5) is 0 Å². The van der Waals surface area contributed by atoms with Gasteiger partial charge in [0.05, 0.1) is 6.20 Å². The maximum Gasteiger partial charge on any atom is 0.0522 e. The van der Waals surface area contributed by atoms with E-state index in [0.717, 1.165) is 18.3 Å². The Labute approximate surface area is 100 Å². The van der Waals surface area contributed by atoms with Gasteiger partial charge in [-0.1, -0.05) is 22.9 Å². The van der Waals surface area contributed by atoms with Crippen LogP contribution in [0.2, 0.25) is 0 Å². The molecule has 1 unspecified atom stereocenters. The Hall–Kier alpha value is -0.350. The molecule has 1 rings (SSSR count). The van der Waals surface area contributed by atoms with Gasteiger partial charge in [0.15, 0.2) is 0 Å². The summed E-state index contributed by atoms with van der Waals surface area (Å²) in [5, 5.41) is 8.79. The van der Waals surface area contributed by atoms with Crippen LogP contribution in [-0.2, 0) is 13.5 Å². The summed E-state index contributed by atoms with van der Waals surface area (Å²) < 4.78 is 1.85. The second-order valence-electron chi connectivity index (χ2n) is 3.81. The molecule has 0 saturated heterocycles. The van der Waals surface area contributed by atoms with Crippen LogP contribution in [-0.4, -0.2) is 27.7 Å². The third-order valence-corrected chi connectivity index (χ3v) is 3.01. The van der Waals surface area contributed by atoms with Gasteiger partial charge in [-0.05, 0) is 31.4 Å². The Morgan fingerprint density at radius 3 is 2.93 bits per heavy atom. The summed E-state index contributed by atoms with van der Waals surface area (Å²) in [4.78, 5) is 0. The molecule has 0 saturated carbocycles. The Morgan fingerprint density at radius 2 is 2.40 bits per heavy atom. The summed E-state index contributed by atoms with van der Waals surface area (Å²) >= 11 is 3.48. The van der Waals surface area contributed by atoms with E-state index in [1.54, 1.807) is 0 Å². The SMILES string of the molecule is CCC(CCBr)NCCc1cnn(C)c1. The minimum Gasteiger partial charge on any atom is -0.314 e. The minimum atomic E-state index is 0.640. The van der Waals surface area contributed by atoms with Crippen LogP contribution in [0.1, 0.15) is 25.3 Å². The van der Waals surface area contributed by atoms with E-state index in [1.807, 2.05) is 17.9 Å². The molecule has 1 heterocycles. The minimum absolute atomic E-state index is 0.640. The molecule has 3 nitrogen and oxygen atoms in total. The number of rotatable bonds is 7. The molecule has 1 aromatic rings. The standard InChI is InChI=1S/C11H20BrN3/c1-3-11(4-6-12)13-7-5-10-8-14-15(2)9-10/h8-9,11,13H,3-7H2,1-2H3. The normalized spacial score (nSPS) is 13.0. The average molecular weight is 274 g/mol. The molecule has 4 heteroatoms. The number of aryl methyl sites for hydroxylation is 1. The first-order chi connectivity index (χ1) is 7.26. The highest BCUT2D eigenvalue weighted by Gasteiger charge is 2.04. The van der Waals surface area contributed by atoms with Crippen molar-refractivity contribution in [2.75, 3.05) is 11.9 Å². The van der Waals surface area contributed by atoms with Gasteiger partial charge in [-0.15, -0.1) is 0 Å². The molecule has 0 aromatic carbocycles. The molecule has 0 aliphatic carbocycles. The zero-order valence-corrected chi connectivity index (χ0v) is 11.1. The fourth-order valence-corrected chi connectivity index (χ4v) is 2.16. The molecule has 1 atom stereocenters. The summed E-state index contributed by atoms with van der Waals surface area (Å²) in [5.41, 5.74) is 1.30. The zero-order valence-electron chi connectivity index (χ0n) is 9.54. The summed E-state index contributed by atoms with van der Waals surface area (Å²) in [6, 6.07) is 0.640. The molecule has 0 aliphatic rings. The van der Waals surface area contributed by atoms with Gasteiger partial charge in [-0.3, -0.25) is 4.68 Å². The first-order valence-corrected chi connectivity index (χ1v) is 6.65. The van der Waals surface area contributed by atoms with Gasteiger partial charge in [0, 0.05) is 24.6 Å². The van der Waals surface area contributed by atoms with Crippen LogP contribution in [0.15, 0.2) is 12.4 Å². The van der Waals surface area contributed by atoms with E-state index in [2.05, 4.69) is 39.5 Å². The van der Waals surface area contributed by atoms with E-state index in [9.17, 15) is 0 Å². The van der Waals surface area contributed by atoms with Crippen LogP contribution >= 0.6 is 15.9 Å². The van der Waals surface area contributed by atoms with Gasteiger partial charge in [0.1, 0.15) is 0 Å². The topological polar surface area (TPSA) is 29.9 Å². The molecule has 0 aliphatic heterocycles. The summed E-state index contributed by atoms with van der Waals surface area (Å²) in [7, 11) is 1.95. The zero-order chi connectivity index (χ0) is 11.1. The van der Waals surface area contributed by atoms with Gasteiger partial charge in [0.25, 0.3) is 0 Å². The maximum absolute atomic E-state index is 4.15. The van der Waals surface area contributed by atoms with E-state index in [1.165, 1.54) is 18.4 Å². The van der Waals surface area contributed by atoms with Crippen molar-refractivity contribution >= 4 is 15.9 Å². The number of alkyl halides is 1. The van der Waals surface area contributed by atoms with Crippen LogP contribution in [0.25, 0.3) is 0 Å². The van der Waals surface area contributed by atoms with Crippen molar-refractivity contribution in [3.8, 4) is 0 Å². The highest BCUT2D eigenvalue weighted by Crippen LogP contribution is 2.01. The molecule has 0 bridgehead atoms. The third kappa shape index (κ3) is 4.80. The third-order valence-electron chi connectivity index (χ3n) is 2.56. The molecular weight excluding hydrogens is 254 g/mol. The highest BCUT2D eigenvalue weighted by atomic mass is 79.9. The molecule has 0 amide bonds. The van der Waals surface area contributed by atoms with Crippen molar-refractivity contribution in [1.82, 2.24) is 15.1 Å². The van der Waals surface area contributed by atoms with Gasteiger partial charge >= 0.3 is 0 Å². The summed E-state index contributed by atoms with van der Waals surface area (Å²) in [5.74, 6) is 0. The quantitative estimate of drug-likeness (QED) is 0.772. The Bertz CT molecular complexity index is 273. The average Bonchev–Trinajstić information content (AvgIpc) is 2.63. The fraction of sp³-hybridized carbons (Fsp3) is 0.727. The van der Waals surface area contributed by atoms with Gasteiger partial charge in [0.2, 0.25) is 0 Å². The van der Waals surface area contributed by atoms with Crippen LogP contribution in [0.5, 0.6) is 0 Å². The number of aromatic nitrogens is 2. The number of nitrogens with one attached hydrogen (secondary N) is 1. The molecule has 0 fully saturated rings. The van der Waals surface area contributed by atoms with E-state index in [-0.39, 0.29) is 0 Å². The Balaban J connectivity index is 2.20. The van der Waals surface area contributed by atoms with E-state index < -0.39 is 0 Å². The number of nitrogens with zero attached hydrogens (tertiary/aromatic N) is 2. The number of halogens is 1. The van der Waals surface area contributed by atoms with E-state index >= 15 is 0 Å². The second-order valence-corrected chi connectivity index (χ2v) is 4.60. The molecule has 86 valence electrons.